The van der Waals surface area contributed by atoms with Gasteiger partial charge in [0.1, 0.15) is 6.61 Å². The van der Waals surface area contributed by atoms with Gasteiger partial charge in [-0.25, -0.2) is 0 Å². The molecule has 1 saturated heterocycles. The lowest BCUT2D eigenvalue weighted by molar-refractivity contribution is -0.134. The quantitative estimate of drug-likeness (QED) is 0.822. The summed E-state index contributed by atoms with van der Waals surface area (Å²) in [6, 6.07) is 5.33. The fourth-order valence-electron chi connectivity index (χ4n) is 2.67. The fraction of sp³-hybridized carbons (Fsp3) is 0.562. The van der Waals surface area contributed by atoms with Crippen LogP contribution in [0, 0.1) is 5.92 Å². The van der Waals surface area contributed by atoms with Crippen molar-refractivity contribution >= 4 is 29.1 Å². The number of para-hydroxylation sites is 1. The van der Waals surface area contributed by atoms with Gasteiger partial charge in [0.2, 0.25) is 5.91 Å². The Morgan fingerprint density at radius 2 is 1.86 bits per heavy atom. The molecule has 1 aromatic carbocycles. The van der Waals surface area contributed by atoms with Crippen molar-refractivity contribution in [1.82, 2.24) is 9.80 Å². The van der Waals surface area contributed by atoms with Crippen LogP contribution >= 0.6 is 23.2 Å². The van der Waals surface area contributed by atoms with Gasteiger partial charge in [-0.1, -0.05) is 29.3 Å². The molecule has 1 aliphatic rings. The Kier molecular flexibility index (Phi) is 6.36. The van der Waals surface area contributed by atoms with Crippen molar-refractivity contribution in [3.05, 3.63) is 28.2 Å². The van der Waals surface area contributed by atoms with Crippen LogP contribution < -0.4 is 4.74 Å². The number of halogens is 2. The topological polar surface area (TPSA) is 32.8 Å². The highest BCUT2D eigenvalue weighted by Crippen LogP contribution is 2.32. The van der Waals surface area contributed by atoms with Crippen LogP contribution in [0.5, 0.6) is 5.75 Å². The van der Waals surface area contributed by atoms with E-state index >= 15 is 0 Å². The Labute approximate surface area is 141 Å². The van der Waals surface area contributed by atoms with Gasteiger partial charge in [-0.3, -0.25) is 9.69 Å². The zero-order valence-corrected chi connectivity index (χ0v) is 14.5. The highest BCUT2D eigenvalue weighted by molar-refractivity contribution is 6.37. The van der Waals surface area contributed by atoms with Gasteiger partial charge in [-0.15, -0.1) is 0 Å². The molecule has 4 nitrogen and oxygen atoms in total. The Morgan fingerprint density at radius 1 is 1.27 bits per heavy atom. The van der Waals surface area contributed by atoms with Crippen LogP contribution in [0.1, 0.15) is 12.8 Å². The molecule has 1 amide bonds. The predicted octanol–water partition coefficient (Wildman–Crippen LogP) is 3.17. The third-order valence-corrected chi connectivity index (χ3v) is 4.55. The summed E-state index contributed by atoms with van der Waals surface area (Å²) >= 11 is 12.1. The normalized spacial score (nSPS) is 16.5. The first kappa shape index (κ1) is 17.4. The number of amides is 1. The highest BCUT2D eigenvalue weighted by Gasteiger charge is 2.25. The number of likely N-dealkylation sites (tertiary alicyclic amines) is 1. The van der Waals surface area contributed by atoms with Crippen molar-refractivity contribution < 1.29 is 9.53 Å². The van der Waals surface area contributed by atoms with Gasteiger partial charge in [0.25, 0.3) is 0 Å². The molecule has 0 spiro atoms. The number of piperidine rings is 1. The number of nitrogens with zero attached hydrogens (tertiary/aromatic N) is 2. The van der Waals surface area contributed by atoms with Crippen LogP contribution in [0.25, 0.3) is 0 Å². The molecule has 0 aromatic heterocycles. The summed E-state index contributed by atoms with van der Waals surface area (Å²) in [4.78, 5) is 15.9. The third-order valence-electron chi connectivity index (χ3n) is 3.95. The summed E-state index contributed by atoms with van der Waals surface area (Å²) in [5.74, 6) is 0.937. The second-order valence-electron chi connectivity index (χ2n) is 5.75. The molecular weight excluding hydrogens is 323 g/mol. The van der Waals surface area contributed by atoms with Crippen LogP contribution in [-0.2, 0) is 4.79 Å². The van der Waals surface area contributed by atoms with E-state index in [1.807, 2.05) is 14.1 Å². The predicted molar refractivity (Wildman–Crippen MR) is 89.8 cm³/mol. The minimum absolute atomic E-state index is 0.158. The SMILES string of the molecule is CN(C)C(=O)C1CCN(CCOc2c(Cl)cccc2Cl)CC1. The van der Waals surface area contributed by atoms with Gasteiger partial charge < -0.3 is 9.64 Å². The van der Waals surface area contributed by atoms with Gasteiger partial charge in [-0.2, -0.15) is 0 Å². The van der Waals surface area contributed by atoms with Crippen molar-refractivity contribution in [2.24, 2.45) is 5.92 Å². The average molecular weight is 345 g/mol. The smallest absolute Gasteiger partial charge is 0.225 e. The molecule has 1 aromatic rings. The van der Waals surface area contributed by atoms with Crippen LogP contribution in [0.3, 0.4) is 0 Å². The molecule has 6 heteroatoms. The molecular formula is C16H22Cl2N2O2. The van der Waals surface area contributed by atoms with Crippen LogP contribution in [-0.4, -0.2) is 56.0 Å². The molecule has 1 aliphatic heterocycles. The summed E-state index contributed by atoms with van der Waals surface area (Å²) in [5, 5.41) is 1.06. The van der Waals surface area contributed by atoms with E-state index in [0.29, 0.717) is 22.4 Å². The Hall–Kier alpha value is -0.970. The Bertz CT molecular complexity index is 495. The van der Waals surface area contributed by atoms with Crippen molar-refractivity contribution in [3.8, 4) is 5.75 Å². The highest BCUT2D eigenvalue weighted by atomic mass is 35.5. The number of benzene rings is 1. The van der Waals surface area contributed by atoms with E-state index in [4.69, 9.17) is 27.9 Å². The van der Waals surface area contributed by atoms with Crippen LogP contribution in [0.2, 0.25) is 10.0 Å². The number of carbonyl (C=O) groups excluding carboxylic acids is 1. The molecule has 22 heavy (non-hydrogen) atoms. The number of hydrogen-bond donors (Lipinski definition) is 0. The second kappa shape index (κ2) is 8.04. The van der Waals surface area contributed by atoms with E-state index in [-0.39, 0.29) is 11.8 Å². The molecule has 0 radical (unpaired) electrons. The van der Waals surface area contributed by atoms with Gasteiger partial charge in [0, 0.05) is 26.6 Å². The third kappa shape index (κ3) is 4.51. The Morgan fingerprint density at radius 3 is 2.41 bits per heavy atom. The number of rotatable bonds is 5. The van der Waals surface area contributed by atoms with Gasteiger partial charge in [0.15, 0.2) is 5.75 Å². The molecule has 1 fully saturated rings. The zero-order valence-electron chi connectivity index (χ0n) is 13.0. The van der Waals surface area contributed by atoms with Crippen molar-refractivity contribution in [2.45, 2.75) is 12.8 Å². The molecule has 0 bridgehead atoms. The average Bonchev–Trinajstić information content (AvgIpc) is 2.50. The summed E-state index contributed by atoms with van der Waals surface area (Å²) < 4.78 is 5.70. The number of hydrogen-bond acceptors (Lipinski definition) is 3. The lowest BCUT2D eigenvalue weighted by atomic mass is 9.95. The fourth-order valence-corrected chi connectivity index (χ4v) is 3.17. The van der Waals surface area contributed by atoms with E-state index in [1.165, 1.54) is 0 Å². The monoisotopic (exact) mass is 344 g/mol. The molecule has 0 saturated carbocycles. The molecule has 0 aliphatic carbocycles. The molecule has 1 heterocycles. The lowest BCUT2D eigenvalue weighted by Crippen LogP contribution is -2.41. The number of ether oxygens (including phenoxy) is 1. The maximum absolute atomic E-state index is 11.9. The molecule has 0 unspecified atom stereocenters. The van der Waals surface area contributed by atoms with Gasteiger partial charge >= 0.3 is 0 Å². The van der Waals surface area contributed by atoms with Crippen molar-refractivity contribution in [2.75, 3.05) is 40.3 Å². The van der Waals surface area contributed by atoms with Crippen molar-refractivity contribution in [3.63, 3.8) is 0 Å². The minimum Gasteiger partial charge on any atom is -0.489 e. The molecule has 122 valence electrons. The zero-order chi connectivity index (χ0) is 16.1. The molecule has 0 N–H and O–H groups in total. The largest absolute Gasteiger partial charge is 0.489 e. The van der Waals surface area contributed by atoms with Gasteiger partial charge in [-0.05, 0) is 38.1 Å². The van der Waals surface area contributed by atoms with E-state index < -0.39 is 0 Å². The summed E-state index contributed by atoms with van der Waals surface area (Å²) in [6.45, 7) is 3.19. The van der Waals surface area contributed by atoms with E-state index in [2.05, 4.69) is 4.90 Å². The second-order valence-corrected chi connectivity index (χ2v) is 6.56. The summed E-state index contributed by atoms with van der Waals surface area (Å²) in [5.41, 5.74) is 0. The van der Waals surface area contributed by atoms with E-state index in [0.717, 1.165) is 32.5 Å². The first-order valence-corrected chi connectivity index (χ1v) is 8.25. The van der Waals surface area contributed by atoms with Crippen molar-refractivity contribution in [1.29, 1.82) is 0 Å². The van der Waals surface area contributed by atoms with Gasteiger partial charge in [0.05, 0.1) is 10.0 Å². The standard InChI is InChI=1S/C16H22Cl2N2O2/c1-19(2)16(21)12-6-8-20(9-7-12)10-11-22-15-13(17)4-3-5-14(15)18/h3-5,12H,6-11H2,1-2H3. The summed E-state index contributed by atoms with van der Waals surface area (Å²) in [6.07, 6.45) is 1.81. The minimum atomic E-state index is 0.158. The van der Waals surface area contributed by atoms with Crippen LogP contribution in [0.4, 0.5) is 0 Å². The summed E-state index contributed by atoms with van der Waals surface area (Å²) in [7, 11) is 3.63. The van der Waals surface area contributed by atoms with E-state index in [1.54, 1.807) is 23.1 Å². The lowest BCUT2D eigenvalue weighted by Gasteiger charge is -2.32. The maximum Gasteiger partial charge on any atom is 0.225 e. The first-order valence-electron chi connectivity index (χ1n) is 7.49. The molecule has 2 rings (SSSR count). The number of carbonyl (C=O) groups is 1. The molecule has 0 atom stereocenters. The first-order chi connectivity index (χ1) is 10.5. The van der Waals surface area contributed by atoms with E-state index in [9.17, 15) is 4.79 Å². The van der Waals surface area contributed by atoms with Crippen LogP contribution in [0.15, 0.2) is 18.2 Å². The maximum atomic E-state index is 11.9. The Balaban J connectivity index is 1.74.